The number of benzene rings is 1. The topological polar surface area (TPSA) is 80.9 Å². The van der Waals surface area contributed by atoms with Gasteiger partial charge >= 0.3 is 0 Å². The molecule has 0 bridgehead atoms. The molecule has 1 aromatic carbocycles. The first kappa shape index (κ1) is 30.8. The Bertz CT molecular complexity index is 1320. The van der Waals surface area contributed by atoms with Crippen LogP contribution in [0.3, 0.4) is 0 Å². The number of hydrogen-bond acceptors (Lipinski definition) is 6. The lowest BCUT2D eigenvalue weighted by Gasteiger charge is -2.40. The fourth-order valence-electron chi connectivity index (χ4n) is 6.19. The Balaban J connectivity index is 1.62. The van der Waals surface area contributed by atoms with Crippen molar-refractivity contribution in [1.29, 1.82) is 0 Å². The summed E-state index contributed by atoms with van der Waals surface area (Å²) < 4.78 is 5.46. The number of anilines is 1. The number of pyridine rings is 1. The third kappa shape index (κ3) is 7.79. The summed E-state index contributed by atoms with van der Waals surface area (Å²) in [7, 11) is 4.34. The van der Waals surface area contributed by atoms with Gasteiger partial charge in [-0.15, -0.1) is 0 Å². The first-order valence-corrected chi connectivity index (χ1v) is 15.0. The number of nitrogens with one attached hydrogen (secondary N) is 2. The molecule has 1 saturated carbocycles. The second-order valence-corrected chi connectivity index (χ2v) is 11.7. The summed E-state index contributed by atoms with van der Waals surface area (Å²) >= 11 is 0. The van der Waals surface area contributed by atoms with Crippen LogP contribution in [0.2, 0.25) is 0 Å². The van der Waals surface area contributed by atoms with Gasteiger partial charge in [0.2, 0.25) is 0 Å². The molecule has 0 unspecified atom stereocenters. The van der Waals surface area contributed by atoms with Crippen molar-refractivity contribution in [3.8, 4) is 11.8 Å². The van der Waals surface area contributed by atoms with Crippen molar-refractivity contribution in [3.05, 3.63) is 62.1 Å². The molecule has 8 nitrogen and oxygen atoms in total. The van der Waals surface area contributed by atoms with E-state index in [4.69, 9.17) is 4.74 Å². The van der Waals surface area contributed by atoms with E-state index in [2.05, 4.69) is 63.9 Å². The molecule has 2 aliphatic rings. The van der Waals surface area contributed by atoms with Crippen molar-refractivity contribution in [2.75, 3.05) is 58.4 Å². The molecule has 0 radical (unpaired) electrons. The first-order valence-electron chi connectivity index (χ1n) is 15.0. The number of aryl methyl sites for hydroxylation is 2. The first-order chi connectivity index (χ1) is 19.7. The summed E-state index contributed by atoms with van der Waals surface area (Å²) in [5.41, 5.74) is 5.59. The molecule has 2 fully saturated rings. The Morgan fingerprint density at radius 2 is 1.76 bits per heavy atom. The van der Waals surface area contributed by atoms with Crippen LogP contribution in [-0.4, -0.2) is 86.3 Å². The number of carbonyl (C=O) groups excluding carboxylic acids is 1. The second-order valence-electron chi connectivity index (χ2n) is 11.7. The van der Waals surface area contributed by atoms with Gasteiger partial charge in [0, 0.05) is 78.1 Å². The zero-order valence-corrected chi connectivity index (χ0v) is 25.7. The maximum Gasteiger partial charge on any atom is 0.251 e. The quantitative estimate of drug-likeness (QED) is 0.480. The standard InChI is InChI=1S/C33H47N5O3/c1-7-38(28-12-10-27(11-13-28)36(5)6)31-21-26(9-8-14-37-15-17-41-18-16-37)20-29(24(31)3)33(40)34-22-30-25(4)35-23(2)19-32(30)39/h19-21,27-28H,7,10-18,22H2,1-6H3,(H,34,40)(H,35,39). The van der Waals surface area contributed by atoms with E-state index < -0.39 is 0 Å². The molecule has 8 heteroatoms. The lowest BCUT2D eigenvalue weighted by molar-refractivity contribution is 0.0443. The van der Waals surface area contributed by atoms with Gasteiger partial charge in [0.25, 0.3) is 5.91 Å². The highest BCUT2D eigenvalue weighted by Gasteiger charge is 2.28. The van der Waals surface area contributed by atoms with Crippen molar-refractivity contribution in [1.82, 2.24) is 20.1 Å². The fraction of sp³-hybridized carbons (Fsp3) is 0.576. The Morgan fingerprint density at radius 1 is 1.07 bits per heavy atom. The smallest absolute Gasteiger partial charge is 0.251 e. The van der Waals surface area contributed by atoms with Crippen LogP contribution in [0.15, 0.2) is 23.0 Å². The van der Waals surface area contributed by atoms with Crippen LogP contribution in [0.25, 0.3) is 0 Å². The fourth-order valence-corrected chi connectivity index (χ4v) is 6.19. The van der Waals surface area contributed by atoms with Crippen LogP contribution in [0, 0.1) is 32.6 Å². The summed E-state index contributed by atoms with van der Waals surface area (Å²) in [6.07, 6.45) is 4.59. The van der Waals surface area contributed by atoms with Gasteiger partial charge in [-0.2, -0.15) is 0 Å². The van der Waals surface area contributed by atoms with Gasteiger partial charge < -0.3 is 24.8 Å². The second kappa shape index (κ2) is 14.2. The van der Waals surface area contributed by atoms with Crippen LogP contribution < -0.4 is 15.6 Å². The Morgan fingerprint density at radius 3 is 2.39 bits per heavy atom. The molecule has 2 N–H and O–H groups in total. The number of ether oxygens (including phenoxy) is 1. The lowest BCUT2D eigenvalue weighted by Crippen LogP contribution is -2.42. The lowest BCUT2D eigenvalue weighted by atomic mass is 9.88. The third-order valence-electron chi connectivity index (χ3n) is 8.66. The van der Waals surface area contributed by atoms with E-state index >= 15 is 0 Å². The van der Waals surface area contributed by atoms with Gasteiger partial charge in [-0.25, -0.2) is 0 Å². The average molecular weight is 562 g/mol. The van der Waals surface area contributed by atoms with E-state index in [-0.39, 0.29) is 17.9 Å². The molecule has 1 aromatic heterocycles. The average Bonchev–Trinajstić information content (AvgIpc) is 2.95. The highest BCUT2D eigenvalue weighted by atomic mass is 16.5. The number of morpholine rings is 1. The van der Waals surface area contributed by atoms with Gasteiger partial charge in [-0.1, -0.05) is 11.8 Å². The van der Waals surface area contributed by atoms with E-state index in [1.165, 1.54) is 12.8 Å². The van der Waals surface area contributed by atoms with Crippen LogP contribution >= 0.6 is 0 Å². The number of aromatic nitrogens is 1. The molecule has 222 valence electrons. The molecular formula is C33H47N5O3. The molecule has 0 spiro atoms. The van der Waals surface area contributed by atoms with Crippen molar-refractivity contribution >= 4 is 11.6 Å². The number of rotatable bonds is 8. The zero-order valence-electron chi connectivity index (χ0n) is 25.7. The number of aromatic amines is 1. The number of nitrogens with zero attached hydrogens (tertiary/aromatic N) is 3. The molecule has 0 atom stereocenters. The third-order valence-corrected chi connectivity index (χ3v) is 8.66. The monoisotopic (exact) mass is 561 g/mol. The molecule has 1 saturated heterocycles. The van der Waals surface area contributed by atoms with E-state index in [1.54, 1.807) is 6.07 Å². The number of carbonyl (C=O) groups is 1. The summed E-state index contributed by atoms with van der Waals surface area (Å²) in [6, 6.07) is 6.69. The van der Waals surface area contributed by atoms with Crippen LogP contribution in [-0.2, 0) is 11.3 Å². The van der Waals surface area contributed by atoms with Crippen molar-refractivity contribution in [2.45, 2.75) is 72.0 Å². The Hall–Kier alpha value is -3.12. The molecule has 41 heavy (non-hydrogen) atoms. The largest absolute Gasteiger partial charge is 0.379 e. The number of H-pyrrole nitrogens is 1. The van der Waals surface area contributed by atoms with E-state index in [1.807, 2.05) is 26.8 Å². The maximum absolute atomic E-state index is 13.6. The minimum absolute atomic E-state index is 0.0651. The van der Waals surface area contributed by atoms with E-state index in [0.717, 1.165) is 73.9 Å². The van der Waals surface area contributed by atoms with Gasteiger partial charge in [0.05, 0.1) is 19.8 Å². The molecule has 1 aliphatic heterocycles. The van der Waals surface area contributed by atoms with Gasteiger partial charge in [0.15, 0.2) is 5.43 Å². The summed E-state index contributed by atoms with van der Waals surface area (Å²) in [4.78, 5) is 36.5. The number of amides is 1. The highest BCUT2D eigenvalue weighted by molar-refractivity contribution is 5.97. The van der Waals surface area contributed by atoms with Crippen molar-refractivity contribution < 1.29 is 9.53 Å². The predicted molar refractivity (Wildman–Crippen MR) is 166 cm³/mol. The zero-order chi connectivity index (χ0) is 29.5. The molecule has 4 rings (SSSR count). The SMILES string of the molecule is CCN(c1cc(C#CCN2CCOCC2)cc(C(=O)NCc2c(C)[nH]c(C)cc2=O)c1C)C1CCC(N(C)C)CC1. The minimum atomic E-state index is -0.188. The van der Waals surface area contributed by atoms with Gasteiger partial charge in [0.1, 0.15) is 0 Å². The van der Waals surface area contributed by atoms with E-state index in [9.17, 15) is 9.59 Å². The summed E-state index contributed by atoms with van der Waals surface area (Å²) in [5, 5.41) is 3.02. The number of hydrogen-bond donors (Lipinski definition) is 2. The maximum atomic E-state index is 13.6. The minimum Gasteiger partial charge on any atom is -0.379 e. The summed E-state index contributed by atoms with van der Waals surface area (Å²) in [6.45, 7) is 12.9. The normalized spacial score (nSPS) is 19.5. The van der Waals surface area contributed by atoms with Crippen LogP contribution in [0.1, 0.15) is 71.0 Å². The summed E-state index contributed by atoms with van der Waals surface area (Å²) in [5.74, 6) is 6.50. The Kier molecular flexibility index (Phi) is 10.7. The predicted octanol–water partition coefficient (Wildman–Crippen LogP) is 3.61. The highest BCUT2D eigenvalue weighted by Crippen LogP contribution is 2.33. The van der Waals surface area contributed by atoms with Gasteiger partial charge in [-0.3, -0.25) is 14.5 Å². The van der Waals surface area contributed by atoms with Gasteiger partial charge in [-0.05, 0) is 85.2 Å². The van der Waals surface area contributed by atoms with E-state index in [0.29, 0.717) is 29.8 Å². The van der Waals surface area contributed by atoms with Crippen LogP contribution in [0.5, 0.6) is 0 Å². The Labute approximate surface area is 245 Å². The molecule has 1 amide bonds. The molecule has 2 heterocycles. The molecular weight excluding hydrogens is 514 g/mol. The molecule has 1 aliphatic carbocycles. The van der Waals surface area contributed by atoms with Crippen molar-refractivity contribution in [3.63, 3.8) is 0 Å². The van der Waals surface area contributed by atoms with Crippen LogP contribution in [0.4, 0.5) is 5.69 Å². The van der Waals surface area contributed by atoms with Crippen molar-refractivity contribution in [2.24, 2.45) is 0 Å². The molecule has 2 aromatic rings.